The molecule has 1 aliphatic carbocycles. The number of hydrogen-bond acceptors (Lipinski definition) is 3. The van der Waals surface area contributed by atoms with Crippen LogP contribution in [0, 0.1) is 0 Å². The normalized spacial score (nSPS) is 18.6. The Hall–Kier alpha value is -2.14. The van der Waals surface area contributed by atoms with Crippen LogP contribution < -0.4 is 0 Å². The van der Waals surface area contributed by atoms with E-state index in [1.54, 1.807) is 35.2 Å². The maximum atomic E-state index is 13.1. The average Bonchev–Trinajstić information content (AvgIpc) is 3.27. The van der Waals surface area contributed by atoms with E-state index in [1.165, 1.54) is 21.6 Å². The van der Waals surface area contributed by atoms with Gasteiger partial charge < -0.3 is 9.80 Å². The van der Waals surface area contributed by atoms with E-state index in [0.29, 0.717) is 6.54 Å². The van der Waals surface area contributed by atoms with E-state index in [9.17, 15) is 9.59 Å². The standard InChI is InChI=1S/C20H22N2O2S/c1-21(2)19(23)16-8-5-11-22(16)20(24)17-12-14-10-9-13-6-3-4-7-15(13)18(14)25-17/h3-4,6-7,12,16H,5,8-11H2,1-2H3. The number of nitrogens with zero attached hydrogens (tertiary/aromatic N) is 2. The summed E-state index contributed by atoms with van der Waals surface area (Å²) in [7, 11) is 3.51. The third-order valence-corrected chi connectivity index (χ3v) is 6.38. The summed E-state index contributed by atoms with van der Waals surface area (Å²) >= 11 is 1.58. The minimum atomic E-state index is -0.311. The first kappa shape index (κ1) is 16.3. The van der Waals surface area contributed by atoms with Crippen LogP contribution in [0.1, 0.15) is 33.6 Å². The lowest BCUT2D eigenvalue weighted by Gasteiger charge is -2.25. The summed E-state index contributed by atoms with van der Waals surface area (Å²) in [4.78, 5) is 30.8. The molecule has 2 amide bonds. The molecular formula is C20H22N2O2S. The Balaban J connectivity index is 1.65. The fraction of sp³-hybridized carbons (Fsp3) is 0.400. The summed E-state index contributed by atoms with van der Waals surface area (Å²) in [6, 6.07) is 10.2. The first-order valence-electron chi connectivity index (χ1n) is 8.79. The van der Waals surface area contributed by atoms with Crippen LogP contribution in [0.3, 0.4) is 0 Å². The second-order valence-corrected chi connectivity index (χ2v) is 8.06. The summed E-state index contributed by atoms with van der Waals surface area (Å²) in [6.45, 7) is 0.669. The van der Waals surface area contributed by atoms with E-state index in [-0.39, 0.29) is 17.9 Å². The van der Waals surface area contributed by atoms with Gasteiger partial charge >= 0.3 is 0 Å². The second kappa shape index (κ2) is 6.30. The van der Waals surface area contributed by atoms with Gasteiger partial charge in [0, 0.05) is 25.5 Å². The molecule has 2 aliphatic rings. The zero-order valence-electron chi connectivity index (χ0n) is 14.6. The number of benzene rings is 1. The lowest BCUT2D eigenvalue weighted by Crippen LogP contribution is -2.45. The van der Waals surface area contributed by atoms with Crippen molar-refractivity contribution >= 4 is 23.2 Å². The van der Waals surface area contributed by atoms with Gasteiger partial charge in [-0.15, -0.1) is 11.3 Å². The molecule has 0 saturated carbocycles. The van der Waals surface area contributed by atoms with Crippen LogP contribution in [0.25, 0.3) is 10.4 Å². The number of amides is 2. The summed E-state index contributed by atoms with van der Waals surface area (Å²) in [6.07, 6.45) is 3.66. The molecule has 5 heteroatoms. The van der Waals surface area contributed by atoms with Gasteiger partial charge in [0.05, 0.1) is 4.88 Å². The zero-order chi connectivity index (χ0) is 17.6. The fourth-order valence-electron chi connectivity index (χ4n) is 3.88. The molecule has 4 nitrogen and oxygen atoms in total. The van der Waals surface area contributed by atoms with Gasteiger partial charge in [0.1, 0.15) is 6.04 Å². The summed E-state index contributed by atoms with van der Waals surface area (Å²) in [5.74, 6) is 0.0343. The Kier molecular flexibility index (Phi) is 4.12. The molecule has 2 aromatic rings. The minimum absolute atomic E-state index is 0.00887. The predicted octanol–water partition coefficient (Wildman–Crippen LogP) is 3.21. The Labute approximate surface area is 152 Å². The molecule has 0 radical (unpaired) electrons. The topological polar surface area (TPSA) is 40.6 Å². The van der Waals surface area contributed by atoms with E-state index in [1.807, 2.05) is 6.07 Å². The Morgan fingerprint density at radius 2 is 1.92 bits per heavy atom. The van der Waals surface area contributed by atoms with Gasteiger partial charge in [0.25, 0.3) is 5.91 Å². The third-order valence-electron chi connectivity index (χ3n) is 5.18. The van der Waals surface area contributed by atoms with Crippen molar-refractivity contribution in [3.05, 3.63) is 46.3 Å². The number of carbonyl (C=O) groups excluding carboxylic acids is 2. The number of hydrogen-bond donors (Lipinski definition) is 0. The van der Waals surface area contributed by atoms with Crippen LogP contribution in [-0.4, -0.2) is 48.3 Å². The first-order valence-corrected chi connectivity index (χ1v) is 9.61. The van der Waals surface area contributed by atoms with Crippen LogP contribution in [-0.2, 0) is 17.6 Å². The van der Waals surface area contributed by atoms with Gasteiger partial charge in [-0.2, -0.15) is 0 Å². The summed E-state index contributed by atoms with van der Waals surface area (Å²) in [5, 5.41) is 0. The Bertz CT molecular complexity index is 840. The molecule has 1 fully saturated rings. The lowest BCUT2D eigenvalue weighted by atomic mass is 9.91. The summed E-state index contributed by atoms with van der Waals surface area (Å²) < 4.78 is 0. The highest BCUT2D eigenvalue weighted by molar-refractivity contribution is 7.17. The molecule has 1 unspecified atom stereocenters. The molecule has 25 heavy (non-hydrogen) atoms. The molecule has 2 heterocycles. The van der Waals surface area contributed by atoms with Crippen molar-refractivity contribution in [2.24, 2.45) is 0 Å². The van der Waals surface area contributed by atoms with Crippen LogP contribution in [0.5, 0.6) is 0 Å². The maximum absolute atomic E-state index is 13.1. The number of thiophene rings is 1. The molecule has 1 aliphatic heterocycles. The quantitative estimate of drug-likeness (QED) is 0.831. The van der Waals surface area contributed by atoms with Gasteiger partial charge in [0.2, 0.25) is 5.91 Å². The van der Waals surface area contributed by atoms with Gasteiger partial charge in [-0.3, -0.25) is 9.59 Å². The van der Waals surface area contributed by atoms with Gasteiger partial charge in [-0.05, 0) is 48.4 Å². The van der Waals surface area contributed by atoms with Gasteiger partial charge in [-0.1, -0.05) is 24.3 Å². The van der Waals surface area contributed by atoms with Crippen LogP contribution in [0.2, 0.25) is 0 Å². The van der Waals surface area contributed by atoms with Gasteiger partial charge in [0.15, 0.2) is 0 Å². The first-order chi connectivity index (χ1) is 12.1. The highest BCUT2D eigenvalue weighted by Crippen LogP contribution is 2.40. The Morgan fingerprint density at radius 3 is 2.72 bits per heavy atom. The third kappa shape index (κ3) is 2.76. The molecule has 1 saturated heterocycles. The van der Waals surface area contributed by atoms with Crippen molar-refractivity contribution in [1.29, 1.82) is 0 Å². The monoisotopic (exact) mass is 354 g/mol. The SMILES string of the molecule is CN(C)C(=O)C1CCCN1C(=O)c1cc2c(s1)-c1ccccc1CC2. The maximum Gasteiger partial charge on any atom is 0.264 e. The van der Waals surface area contributed by atoms with Crippen molar-refractivity contribution in [1.82, 2.24) is 9.80 Å². The molecule has 0 bridgehead atoms. The predicted molar refractivity (Wildman–Crippen MR) is 99.9 cm³/mol. The van der Waals surface area contributed by atoms with Crippen LogP contribution >= 0.6 is 11.3 Å². The number of rotatable bonds is 2. The van der Waals surface area contributed by atoms with E-state index in [4.69, 9.17) is 0 Å². The molecule has 4 rings (SSSR count). The molecule has 1 aromatic carbocycles. The van der Waals surface area contributed by atoms with Crippen molar-refractivity contribution < 1.29 is 9.59 Å². The van der Waals surface area contributed by atoms with E-state index in [2.05, 4.69) is 24.3 Å². The lowest BCUT2D eigenvalue weighted by molar-refractivity contribution is -0.132. The Morgan fingerprint density at radius 1 is 1.16 bits per heavy atom. The number of aryl methyl sites for hydroxylation is 2. The van der Waals surface area contributed by atoms with E-state index >= 15 is 0 Å². The van der Waals surface area contributed by atoms with Crippen molar-refractivity contribution in [2.75, 3.05) is 20.6 Å². The molecule has 1 aromatic heterocycles. The van der Waals surface area contributed by atoms with Crippen molar-refractivity contribution in [2.45, 2.75) is 31.7 Å². The smallest absolute Gasteiger partial charge is 0.264 e. The summed E-state index contributed by atoms with van der Waals surface area (Å²) in [5.41, 5.74) is 3.88. The average molecular weight is 354 g/mol. The largest absolute Gasteiger partial charge is 0.347 e. The molecule has 1 atom stereocenters. The van der Waals surface area contributed by atoms with Crippen molar-refractivity contribution in [3.8, 4) is 10.4 Å². The minimum Gasteiger partial charge on any atom is -0.347 e. The highest BCUT2D eigenvalue weighted by atomic mass is 32.1. The second-order valence-electron chi connectivity index (χ2n) is 7.01. The number of likely N-dealkylation sites (tertiary alicyclic amines) is 1. The fourth-order valence-corrected chi connectivity index (χ4v) is 5.11. The number of likely N-dealkylation sites (N-methyl/N-ethyl adjacent to an activating group) is 1. The van der Waals surface area contributed by atoms with Gasteiger partial charge in [-0.25, -0.2) is 0 Å². The molecule has 0 N–H and O–H groups in total. The molecule has 0 spiro atoms. The number of carbonyl (C=O) groups is 2. The zero-order valence-corrected chi connectivity index (χ0v) is 15.4. The van der Waals surface area contributed by atoms with E-state index in [0.717, 1.165) is 30.6 Å². The molecular weight excluding hydrogens is 332 g/mol. The number of fused-ring (bicyclic) bond motifs is 3. The van der Waals surface area contributed by atoms with Crippen LogP contribution in [0.15, 0.2) is 30.3 Å². The van der Waals surface area contributed by atoms with Crippen molar-refractivity contribution in [3.63, 3.8) is 0 Å². The highest BCUT2D eigenvalue weighted by Gasteiger charge is 2.36. The van der Waals surface area contributed by atoms with Crippen LogP contribution in [0.4, 0.5) is 0 Å². The van der Waals surface area contributed by atoms with E-state index < -0.39 is 0 Å². The molecule has 130 valence electrons.